The number of hydrogen-bond donors (Lipinski definition) is 7. The van der Waals surface area contributed by atoms with E-state index in [0.717, 1.165) is 12.8 Å². The van der Waals surface area contributed by atoms with Gasteiger partial charge >= 0.3 is 0 Å². The van der Waals surface area contributed by atoms with Gasteiger partial charge in [-0.15, -0.1) is 0 Å². The molecule has 0 bridgehead atoms. The van der Waals surface area contributed by atoms with E-state index in [0.29, 0.717) is 44.2 Å². The van der Waals surface area contributed by atoms with E-state index in [1.807, 2.05) is 41.5 Å². The van der Waals surface area contributed by atoms with Gasteiger partial charge in [0.05, 0.1) is 0 Å². The van der Waals surface area contributed by atoms with Crippen molar-refractivity contribution in [2.75, 3.05) is 13.1 Å². The lowest BCUT2D eigenvalue weighted by Crippen LogP contribution is -2.61. The maximum atomic E-state index is 14.4. The Labute approximate surface area is 332 Å². The normalized spacial score (nSPS) is 17.1. The molecule has 1 aromatic carbocycles. The van der Waals surface area contributed by atoms with Crippen molar-refractivity contribution < 1.29 is 33.9 Å². The van der Waals surface area contributed by atoms with Gasteiger partial charge in [0.15, 0.2) is 5.96 Å². The topological polar surface area (TPSA) is 256 Å². The lowest BCUT2D eigenvalue weighted by molar-refractivity contribution is -0.143. The maximum absolute atomic E-state index is 14.4. The summed E-state index contributed by atoms with van der Waals surface area (Å²) in [4.78, 5) is 88.7. The molecule has 1 aliphatic heterocycles. The van der Waals surface area contributed by atoms with Gasteiger partial charge in [0, 0.05) is 32.5 Å². The SMILES string of the molecule is CCCCC(C)N(C(C)=O)[C@@H](Cc1ccc(O)cc1)C(=O)N[C@H](C(=O)N[C@@H](CCCN=C(N)N)C(=O)N[C@@H](CC(C)C)C(=O)N1CCC[C@H]1C(N)=O)[C@@H](C)CC. The number of benzene rings is 1. The lowest BCUT2D eigenvalue weighted by atomic mass is 9.95. The maximum Gasteiger partial charge on any atom is 0.245 e. The molecule has 7 atom stereocenters. The molecule has 0 aliphatic carbocycles. The van der Waals surface area contributed by atoms with Gasteiger partial charge in [0.1, 0.15) is 36.0 Å². The van der Waals surface area contributed by atoms with E-state index in [2.05, 4.69) is 20.9 Å². The molecule has 56 heavy (non-hydrogen) atoms. The predicted octanol–water partition coefficient (Wildman–Crippen LogP) is 1.81. The van der Waals surface area contributed by atoms with Crippen LogP contribution in [0.2, 0.25) is 0 Å². The van der Waals surface area contributed by atoms with E-state index < -0.39 is 65.7 Å². The van der Waals surface area contributed by atoms with E-state index in [4.69, 9.17) is 17.2 Å². The molecule has 314 valence electrons. The molecule has 10 N–H and O–H groups in total. The number of primary amides is 1. The Morgan fingerprint density at radius 2 is 1.54 bits per heavy atom. The molecule has 1 saturated heterocycles. The largest absolute Gasteiger partial charge is 0.508 e. The lowest BCUT2D eigenvalue weighted by Gasteiger charge is -2.37. The third kappa shape index (κ3) is 14.6. The predicted molar refractivity (Wildman–Crippen MR) is 216 cm³/mol. The molecule has 2 rings (SSSR count). The van der Waals surface area contributed by atoms with E-state index >= 15 is 0 Å². The van der Waals surface area contributed by atoms with Gasteiger partial charge in [0.2, 0.25) is 35.4 Å². The van der Waals surface area contributed by atoms with Gasteiger partial charge in [0.25, 0.3) is 0 Å². The Hall–Kier alpha value is -4.89. The minimum Gasteiger partial charge on any atom is -0.508 e. The van der Waals surface area contributed by atoms with Crippen LogP contribution in [0.5, 0.6) is 5.75 Å². The van der Waals surface area contributed by atoms with Crippen molar-refractivity contribution in [3.05, 3.63) is 29.8 Å². The summed E-state index contributed by atoms with van der Waals surface area (Å²) in [5.74, 6) is -3.57. The molecule has 1 fully saturated rings. The highest BCUT2D eigenvalue weighted by Crippen LogP contribution is 2.22. The van der Waals surface area contributed by atoms with Crippen LogP contribution in [0.1, 0.15) is 112 Å². The van der Waals surface area contributed by atoms with Crippen molar-refractivity contribution in [1.29, 1.82) is 0 Å². The van der Waals surface area contributed by atoms with E-state index in [1.54, 1.807) is 17.0 Å². The molecule has 1 aliphatic rings. The second-order valence-electron chi connectivity index (χ2n) is 15.5. The number of nitrogens with zero attached hydrogens (tertiary/aromatic N) is 3. The molecule has 16 nitrogen and oxygen atoms in total. The second-order valence-corrected chi connectivity index (χ2v) is 15.5. The molecular weight excluding hydrogens is 718 g/mol. The van der Waals surface area contributed by atoms with E-state index in [1.165, 1.54) is 24.0 Å². The van der Waals surface area contributed by atoms with Gasteiger partial charge in [-0.05, 0) is 75.0 Å². The summed E-state index contributed by atoms with van der Waals surface area (Å²) in [6, 6.07) is 1.12. The summed E-state index contributed by atoms with van der Waals surface area (Å²) in [7, 11) is 0. The molecule has 0 aromatic heterocycles. The smallest absolute Gasteiger partial charge is 0.245 e. The van der Waals surface area contributed by atoms with Crippen LogP contribution in [0.15, 0.2) is 29.3 Å². The molecule has 1 heterocycles. The number of nitrogens with one attached hydrogen (secondary N) is 3. The van der Waals surface area contributed by atoms with Gasteiger partial charge < -0.3 is 48.1 Å². The molecule has 0 spiro atoms. The zero-order valence-electron chi connectivity index (χ0n) is 34.4. The molecule has 1 aromatic rings. The van der Waals surface area contributed by atoms with Crippen molar-refractivity contribution in [3.8, 4) is 5.75 Å². The van der Waals surface area contributed by atoms with Crippen LogP contribution in [0.25, 0.3) is 0 Å². The highest BCUT2D eigenvalue weighted by molar-refractivity contribution is 5.96. The Kier molecular flexibility index (Phi) is 19.6. The van der Waals surface area contributed by atoms with Crippen LogP contribution in [-0.2, 0) is 35.2 Å². The second kappa shape index (κ2) is 23.2. The van der Waals surface area contributed by atoms with E-state index in [9.17, 15) is 33.9 Å². The molecule has 6 amide bonds. The number of guanidine groups is 1. The number of aliphatic imine (C=N–C) groups is 1. The van der Waals surface area contributed by atoms with Crippen LogP contribution in [0.4, 0.5) is 0 Å². The first-order valence-electron chi connectivity index (χ1n) is 20.0. The number of carbonyl (C=O) groups excluding carboxylic acids is 6. The van der Waals surface area contributed by atoms with E-state index in [-0.39, 0.29) is 55.4 Å². The summed E-state index contributed by atoms with van der Waals surface area (Å²) in [6.45, 7) is 13.4. The quantitative estimate of drug-likeness (QED) is 0.0485. The monoisotopic (exact) mass is 786 g/mol. The minimum atomic E-state index is -1.15. The average molecular weight is 786 g/mol. The zero-order valence-corrected chi connectivity index (χ0v) is 34.4. The Balaban J connectivity index is 2.46. The third-order valence-corrected chi connectivity index (χ3v) is 10.4. The number of hydrogen-bond acceptors (Lipinski definition) is 8. The highest BCUT2D eigenvalue weighted by Gasteiger charge is 2.39. The number of unbranched alkanes of at least 4 members (excludes halogenated alkanes) is 1. The van der Waals surface area contributed by atoms with Gasteiger partial charge in [-0.3, -0.25) is 33.8 Å². The summed E-state index contributed by atoms with van der Waals surface area (Å²) < 4.78 is 0. The first-order valence-corrected chi connectivity index (χ1v) is 20.0. The van der Waals surface area contributed by atoms with Crippen LogP contribution in [0, 0.1) is 11.8 Å². The average Bonchev–Trinajstić information content (AvgIpc) is 3.64. The van der Waals surface area contributed by atoms with Crippen molar-refractivity contribution >= 4 is 41.4 Å². The molecule has 0 saturated carbocycles. The van der Waals surface area contributed by atoms with Crippen LogP contribution >= 0.6 is 0 Å². The van der Waals surface area contributed by atoms with Crippen molar-refractivity contribution in [1.82, 2.24) is 25.8 Å². The van der Waals surface area contributed by atoms with Crippen LogP contribution < -0.4 is 33.2 Å². The molecular formula is C40H67N9O7. The first kappa shape index (κ1) is 47.3. The number of phenols is 1. The summed E-state index contributed by atoms with van der Waals surface area (Å²) in [6.07, 6.45) is 4.76. The summed E-state index contributed by atoms with van der Waals surface area (Å²) in [5, 5.41) is 18.5. The zero-order chi connectivity index (χ0) is 42.1. The van der Waals surface area contributed by atoms with Crippen molar-refractivity contribution in [3.63, 3.8) is 0 Å². The molecule has 0 radical (unpaired) electrons. The van der Waals surface area contributed by atoms with Crippen molar-refractivity contribution in [2.24, 2.45) is 34.0 Å². The third-order valence-electron chi connectivity index (χ3n) is 10.4. The fraction of sp³-hybridized carbons (Fsp3) is 0.675. The Morgan fingerprint density at radius 1 is 0.893 bits per heavy atom. The number of likely N-dealkylation sites (tertiary alicyclic amines) is 1. The standard InChI is InChI=1S/C40H67N9O7/c1-8-10-13-26(6)49(27(7)50)33(23-28-16-18-29(51)19-17-28)37(54)47-34(25(5)9-2)38(55)45-30(14-11-20-44-40(42)43)36(53)46-31(22-24(3)4)39(56)48-21-12-15-32(48)35(41)52/h16-19,24-26,30-34,51H,8-15,20-23H2,1-7H3,(H2,41,52)(H,45,55)(H,46,53)(H,47,54)(H4,42,43,44)/t25-,26?,30-,31-,32-,33-,34-/m0/s1. The fourth-order valence-electron chi connectivity index (χ4n) is 7.13. The van der Waals surface area contributed by atoms with Crippen LogP contribution in [-0.4, -0.2) is 106 Å². The number of aromatic hydroxyl groups is 1. The fourth-order valence-corrected chi connectivity index (χ4v) is 7.13. The van der Waals surface area contributed by atoms with Gasteiger partial charge in [-0.25, -0.2) is 0 Å². The van der Waals surface area contributed by atoms with Crippen LogP contribution in [0.3, 0.4) is 0 Å². The number of amides is 6. The first-order chi connectivity index (χ1) is 26.4. The summed E-state index contributed by atoms with van der Waals surface area (Å²) >= 11 is 0. The summed E-state index contributed by atoms with van der Waals surface area (Å²) in [5.41, 5.74) is 17.3. The minimum absolute atomic E-state index is 0.00688. The van der Waals surface area contributed by atoms with Gasteiger partial charge in [-0.1, -0.05) is 66.0 Å². The Bertz CT molecular complexity index is 1500. The number of nitrogens with two attached hydrogens (primary N) is 3. The van der Waals surface area contributed by atoms with Gasteiger partial charge in [-0.2, -0.15) is 0 Å². The molecule has 16 heteroatoms. The van der Waals surface area contributed by atoms with Crippen molar-refractivity contribution in [2.45, 2.75) is 149 Å². The number of phenolic OH excluding ortho intramolecular Hbond substituents is 1. The number of carbonyl (C=O) groups is 6. The number of rotatable bonds is 23. The molecule has 1 unspecified atom stereocenters. The highest BCUT2D eigenvalue weighted by atomic mass is 16.3. The Morgan fingerprint density at radius 3 is 2.09 bits per heavy atom.